The maximum absolute atomic E-state index is 12.8. The molecule has 1 aliphatic carbocycles. The number of likely N-dealkylation sites (tertiary alicyclic amines) is 1. The number of piperidine rings is 1. The zero-order valence-electron chi connectivity index (χ0n) is 16.7. The number of hydrogen-bond acceptors (Lipinski definition) is 3. The molecule has 1 heterocycles. The van der Waals surface area contributed by atoms with Crippen LogP contribution in [0.2, 0.25) is 0 Å². The molecule has 2 rings (SSSR count). The van der Waals surface area contributed by atoms with Crippen LogP contribution in [0, 0.1) is 11.8 Å². The summed E-state index contributed by atoms with van der Waals surface area (Å²) in [5.74, 6) is 0.174. The van der Waals surface area contributed by atoms with Crippen LogP contribution in [0.15, 0.2) is 4.99 Å². The Balaban J connectivity index is 1.75. The molecule has 0 atom stereocenters. The number of aliphatic imine (C=N–C) groups is 1. The van der Waals surface area contributed by atoms with Gasteiger partial charge >= 0.3 is 6.18 Å². The Hall–Kier alpha value is -1.02. The van der Waals surface area contributed by atoms with Crippen LogP contribution in [0.4, 0.5) is 13.2 Å². The summed E-state index contributed by atoms with van der Waals surface area (Å²) in [5.41, 5.74) is 0. The van der Waals surface area contributed by atoms with E-state index in [0.717, 1.165) is 58.1 Å². The van der Waals surface area contributed by atoms with E-state index in [9.17, 15) is 13.2 Å². The van der Waals surface area contributed by atoms with Gasteiger partial charge in [0, 0.05) is 32.8 Å². The minimum absolute atomic E-state index is 0.0808. The van der Waals surface area contributed by atoms with Gasteiger partial charge < -0.3 is 20.3 Å². The maximum atomic E-state index is 12.8. The van der Waals surface area contributed by atoms with Crippen molar-refractivity contribution in [3.8, 4) is 0 Å². The number of hydrogen-bond donors (Lipinski definition) is 2. The van der Waals surface area contributed by atoms with Crippen LogP contribution in [-0.4, -0.2) is 69.5 Å². The third-order valence-corrected chi connectivity index (χ3v) is 5.70. The Morgan fingerprint density at radius 1 is 1.11 bits per heavy atom. The van der Waals surface area contributed by atoms with Crippen molar-refractivity contribution in [1.29, 1.82) is 0 Å². The fourth-order valence-corrected chi connectivity index (χ4v) is 3.91. The molecule has 0 radical (unpaired) electrons. The van der Waals surface area contributed by atoms with Gasteiger partial charge in [-0.3, -0.25) is 4.99 Å². The molecule has 0 aromatic rings. The van der Waals surface area contributed by atoms with Crippen LogP contribution in [0.25, 0.3) is 0 Å². The summed E-state index contributed by atoms with van der Waals surface area (Å²) < 4.78 is 43.6. The number of rotatable bonds is 7. The molecule has 27 heavy (non-hydrogen) atoms. The van der Waals surface area contributed by atoms with E-state index < -0.39 is 12.1 Å². The first-order chi connectivity index (χ1) is 12.9. The minimum atomic E-state index is -4.05. The molecule has 1 saturated carbocycles. The van der Waals surface area contributed by atoms with E-state index in [2.05, 4.69) is 15.5 Å². The largest absolute Gasteiger partial charge is 0.391 e. The first-order valence-electron chi connectivity index (χ1n) is 10.2. The Bertz CT molecular complexity index is 443. The van der Waals surface area contributed by atoms with Crippen LogP contribution in [0.3, 0.4) is 0 Å². The van der Waals surface area contributed by atoms with Crippen molar-refractivity contribution in [3.63, 3.8) is 0 Å². The monoisotopic (exact) mass is 392 g/mol. The van der Waals surface area contributed by atoms with Gasteiger partial charge in [-0.25, -0.2) is 0 Å². The van der Waals surface area contributed by atoms with Crippen molar-refractivity contribution in [2.24, 2.45) is 16.8 Å². The number of nitrogens with one attached hydrogen (secondary N) is 2. The lowest BCUT2D eigenvalue weighted by Crippen LogP contribution is -2.46. The highest BCUT2D eigenvalue weighted by atomic mass is 19.4. The molecule has 158 valence electrons. The van der Waals surface area contributed by atoms with Crippen molar-refractivity contribution in [2.75, 3.05) is 46.4 Å². The highest BCUT2D eigenvalue weighted by Crippen LogP contribution is 2.37. The van der Waals surface area contributed by atoms with Gasteiger partial charge in [-0.1, -0.05) is 0 Å². The topological polar surface area (TPSA) is 48.9 Å². The van der Waals surface area contributed by atoms with Crippen molar-refractivity contribution in [2.45, 2.75) is 57.7 Å². The van der Waals surface area contributed by atoms with Crippen LogP contribution in [-0.2, 0) is 4.74 Å². The molecular formula is C19H35F3N4O. The molecular weight excluding hydrogens is 357 g/mol. The Morgan fingerprint density at radius 2 is 1.78 bits per heavy atom. The van der Waals surface area contributed by atoms with E-state index >= 15 is 0 Å². The zero-order chi connectivity index (χ0) is 19.7. The first-order valence-corrected chi connectivity index (χ1v) is 10.2. The molecule has 1 saturated heterocycles. The number of halogens is 3. The van der Waals surface area contributed by atoms with Crippen molar-refractivity contribution >= 4 is 5.96 Å². The van der Waals surface area contributed by atoms with E-state index in [-0.39, 0.29) is 18.9 Å². The van der Waals surface area contributed by atoms with Crippen molar-refractivity contribution in [3.05, 3.63) is 0 Å². The molecule has 5 nitrogen and oxygen atoms in total. The standard InChI is InChI=1S/C19H35F3N4O/c1-3-23-18(25-17-6-4-16(5-7-17)19(20,21)22)24-14-15-8-10-26(11-9-15)12-13-27-2/h15-17H,3-14H2,1-2H3,(H2,23,24,25). The van der Waals surface area contributed by atoms with E-state index in [1.165, 1.54) is 0 Å². The van der Waals surface area contributed by atoms with Crippen molar-refractivity contribution < 1.29 is 17.9 Å². The third kappa shape index (κ3) is 7.86. The molecule has 2 aliphatic rings. The lowest BCUT2D eigenvalue weighted by Gasteiger charge is -2.32. The molecule has 8 heteroatoms. The average Bonchev–Trinajstić information content (AvgIpc) is 2.65. The average molecular weight is 393 g/mol. The number of alkyl halides is 3. The van der Waals surface area contributed by atoms with Crippen LogP contribution in [0.1, 0.15) is 45.4 Å². The Kier molecular flexibility index (Phi) is 9.15. The van der Waals surface area contributed by atoms with Gasteiger partial charge in [0.25, 0.3) is 0 Å². The molecule has 2 fully saturated rings. The number of ether oxygens (including phenoxy) is 1. The molecule has 0 bridgehead atoms. The smallest absolute Gasteiger partial charge is 0.383 e. The first kappa shape index (κ1) is 22.3. The second-order valence-electron chi connectivity index (χ2n) is 7.73. The number of methoxy groups -OCH3 is 1. The minimum Gasteiger partial charge on any atom is -0.383 e. The van der Waals surface area contributed by atoms with Gasteiger partial charge in [-0.15, -0.1) is 0 Å². The normalized spacial score (nSPS) is 26.2. The van der Waals surface area contributed by atoms with E-state index in [4.69, 9.17) is 9.73 Å². The molecule has 0 aromatic carbocycles. The molecule has 2 N–H and O–H groups in total. The zero-order valence-corrected chi connectivity index (χ0v) is 16.7. The molecule has 0 aromatic heterocycles. The fourth-order valence-electron chi connectivity index (χ4n) is 3.91. The van der Waals surface area contributed by atoms with Gasteiger partial charge in [0.2, 0.25) is 0 Å². The van der Waals surface area contributed by atoms with Crippen molar-refractivity contribution in [1.82, 2.24) is 15.5 Å². The molecule has 0 spiro atoms. The number of nitrogens with zero attached hydrogens (tertiary/aromatic N) is 2. The van der Waals surface area contributed by atoms with Crippen LogP contribution < -0.4 is 10.6 Å². The SMILES string of the molecule is CCNC(=NCC1CCN(CCOC)CC1)NC1CCC(C(F)(F)F)CC1. The molecule has 0 amide bonds. The Morgan fingerprint density at radius 3 is 2.33 bits per heavy atom. The highest BCUT2D eigenvalue weighted by molar-refractivity contribution is 5.80. The van der Waals surface area contributed by atoms with E-state index in [1.807, 2.05) is 6.92 Å². The second kappa shape index (κ2) is 11.1. The summed E-state index contributed by atoms with van der Waals surface area (Å²) >= 11 is 0. The van der Waals surface area contributed by atoms with Gasteiger partial charge in [0.05, 0.1) is 12.5 Å². The fraction of sp³-hybridized carbons (Fsp3) is 0.947. The highest BCUT2D eigenvalue weighted by Gasteiger charge is 2.41. The molecule has 1 aliphatic heterocycles. The quantitative estimate of drug-likeness (QED) is 0.517. The van der Waals surface area contributed by atoms with Crippen LogP contribution >= 0.6 is 0 Å². The third-order valence-electron chi connectivity index (χ3n) is 5.70. The maximum Gasteiger partial charge on any atom is 0.391 e. The summed E-state index contributed by atoms with van der Waals surface area (Å²) in [6.45, 7) is 7.44. The Labute approximate surface area is 161 Å². The van der Waals surface area contributed by atoms with Gasteiger partial charge in [-0.2, -0.15) is 13.2 Å². The lowest BCUT2D eigenvalue weighted by molar-refractivity contribution is -0.182. The second-order valence-corrected chi connectivity index (χ2v) is 7.73. The summed E-state index contributed by atoms with van der Waals surface area (Å²) in [4.78, 5) is 7.14. The van der Waals surface area contributed by atoms with E-state index in [1.54, 1.807) is 7.11 Å². The van der Waals surface area contributed by atoms with Crippen LogP contribution in [0.5, 0.6) is 0 Å². The number of guanidine groups is 1. The molecule has 0 unspecified atom stereocenters. The summed E-state index contributed by atoms with van der Waals surface area (Å²) in [6.07, 6.45) is -0.283. The summed E-state index contributed by atoms with van der Waals surface area (Å²) in [7, 11) is 1.73. The predicted molar refractivity (Wildman–Crippen MR) is 102 cm³/mol. The van der Waals surface area contributed by atoms with Gasteiger partial charge in [0.1, 0.15) is 0 Å². The van der Waals surface area contributed by atoms with Gasteiger partial charge in [-0.05, 0) is 64.5 Å². The van der Waals surface area contributed by atoms with E-state index in [0.29, 0.717) is 18.8 Å². The predicted octanol–water partition coefficient (Wildman–Crippen LogP) is 3.02. The summed E-state index contributed by atoms with van der Waals surface area (Å²) in [5, 5.41) is 6.59. The summed E-state index contributed by atoms with van der Waals surface area (Å²) in [6, 6.07) is 0.0808. The lowest BCUT2D eigenvalue weighted by atomic mass is 9.85. The van der Waals surface area contributed by atoms with Gasteiger partial charge in [0.15, 0.2) is 5.96 Å².